The molecule has 2 rings (SSSR count). The Bertz CT molecular complexity index is 536. The molecule has 0 heterocycles. The zero-order valence-electron chi connectivity index (χ0n) is 9.68. The van der Waals surface area contributed by atoms with Crippen molar-refractivity contribution in [2.24, 2.45) is 0 Å². The van der Waals surface area contributed by atoms with Gasteiger partial charge in [-0.05, 0) is 22.4 Å². The Labute approximate surface area is 100 Å². The van der Waals surface area contributed by atoms with E-state index in [1.807, 2.05) is 42.5 Å². The minimum atomic E-state index is -0.336. The lowest BCUT2D eigenvalue weighted by molar-refractivity contribution is -0.120. The molecule has 88 valence electrons. The quantitative estimate of drug-likeness (QED) is 0.845. The molecule has 0 saturated carbocycles. The lowest BCUT2D eigenvalue weighted by Gasteiger charge is -2.16. The Hall–Kier alpha value is -1.87. The fraction of sp³-hybridized carbons (Fsp3) is 0.214. The molecule has 17 heavy (non-hydrogen) atoms. The third-order valence-corrected chi connectivity index (χ3v) is 2.74. The average molecular weight is 229 g/mol. The maximum absolute atomic E-state index is 11.0. The second-order valence-electron chi connectivity index (χ2n) is 4.04. The van der Waals surface area contributed by atoms with Crippen molar-refractivity contribution in [3.63, 3.8) is 0 Å². The lowest BCUT2D eigenvalue weighted by Crippen LogP contribution is -2.28. The second-order valence-corrected chi connectivity index (χ2v) is 4.04. The number of hydrogen-bond acceptors (Lipinski definition) is 2. The monoisotopic (exact) mass is 229 g/mol. The zero-order chi connectivity index (χ0) is 12.3. The molecule has 1 amide bonds. The highest BCUT2D eigenvalue weighted by Gasteiger charge is 2.11. The topological polar surface area (TPSA) is 49.3 Å². The molecular weight excluding hydrogens is 214 g/mol. The lowest BCUT2D eigenvalue weighted by atomic mass is 10.0. The van der Waals surface area contributed by atoms with Crippen LogP contribution in [0.5, 0.6) is 0 Å². The van der Waals surface area contributed by atoms with Crippen molar-refractivity contribution >= 4 is 16.7 Å². The highest BCUT2D eigenvalue weighted by Crippen LogP contribution is 2.20. The van der Waals surface area contributed by atoms with Crippen LogP contribution < -0.4 is 5.32 Å². The molecule has 1 unspecified atom stereocenters. The summed E-state index contributed by atoms with van der Waals surface area (Å²) in [6.07, 6.45) is 0. The Morgan fingerprint density at radius 3 is 2.59 bits per heavy atom. The van der Waals surface area contributed by atoms with Crippen LogP contribution in [0.2, 0.25) is 0 Å². The van der Waals surface area contributed by atoms with Crippen LogP contribution in [0.4, 0.5) is 0 Å². The molecule has 0 aliphatic heterocycles. The molecule has 0 radical (unpaired) electrons. The minimum Gasteiger partial charge on any atom is -0.394 e. The van der Waals surface area contributed by atoms with Gasteiger partial charge in [0.25, 0.3) is 0 Å². The maximum atomic E-state index is 11.0. The van der Waals surface area contributed by atoms with Gasteiger partial charge in [-0.3, -0.25) is 4.79 Å². The summed E-state index contributed by atoms with van der Waals surface area (Å²) in [5.74, 6) is -0.141. The van der Waals surface area contributed by atoms with E-state index >= 15 is 0 Å². The first-order valence-electron chi connectivity index (χ1n) is 5.57. The van der Waals surface area contributed by atoms with Crippen LogP contribution in [-0.2, 0) is 4.79 Å². The number of amides is 1. The summed E-state index contributed by atoms with van der Waals surface area (Å²) in [5.41, 5.74) is 0.918. The predicted octanol–water partition coefficient (Wildman–Crippen LogP) is 2.01. The van der Waals surface area contributed by atoms with Crippen LogP contribution in [0.25, 0.3) is 10.8 Å². The van der Waals surface area contributed by atoms with Crippen LogP contribution in [0, 0.1) is 0 Å². The molecule has 0 saturated heterocycles. The zero-order valence-corrected chi connectivity index (χ0v) is 9.68. The van der Waals surface area contributed by atoms with Gasteiger partial charge in [-0.1, -0.05) is 36.4 Å². The first kappa shape index (κ1) is 11.6. The van der Waals surface area contributed by atoms with Crippen LogP contribution in [-0.4, -0.2) is 17.6 Å². The van der Waals surface area contributed by atoms with Gasteiger partial charge in [0.05, 0.1) is 12.6 Å². The van der Waals surface area contributed by atoms with Gasteiger partial charge < -0.3 is 10.4 Å². The van der Waals surface area contributed by atoms with Crippen molar-refractivity contribution in [1.82, 2.24) is 5.32 Å². The molecule has 2 N–H and O–H groups in total. The number of aliphatic hydroxyl groups is 1. The summed E-state index contributed by atoms with van der Waals surface area (Å²) in [4.78, 5) is 11.0. The van der Waals surface area contributed by atoms with E-state index < -0.39 is 0 Å². The molecule has 2 aromatic rings. The maximum Gasteiger partial charge on any atom is 0.217 e. The van der Waals surface area contributed by atoms with Gasteiger partial charge in [-0.15, -0.1) is 0 Å². The van der Waals surface area contributed by atoms with Gasteiger partial charge in [0.15, 0.2) is 0 Å². The number of fused-ring (bicyclic) bond motifs is 1. The molecule has 0 fully saturated rings. The van der Waals surface area contributed by atoms with Crippen molar-refractivity contribution in [2.75, 3.05) is 6.61 Å². The van der Waals surface area contributed by atoms with Gasteiger partial charge in [0, 0.05) is 6.92 Å². The largest absolute Gasteiger partial charge is 0.394 e. The number of nitrogens with one attached hydrogen (secondary N) is 1. The van der Waals surface area contributed by atoms with Crippen LogP contribution >= 0.6 is 0 Å². The van der Waals surface area contributed by atoms with Gasteiger partial charge in [0.1, 0.15) is 0 Å². The third kappa shape index (κ3) is 2.63. The molecule has 2 aromatic carbocycles. The van der Waals surface area contributed by atoms with E-state index in [1.54, 1.807) is 0 Å². The molecule has 1 atom stereocenters. The summed E-state index contributed by atoms with van der Waals surface area (Å²) in [6.45, 7) is 1.35. The number of benzene rings is 2. The first-order chi connectivity index (χ1) is 8.20. The summed E-state index contributed by atoms with van der Waals surface area (Å²) < 4.78 is 0. The van der Waals surface area contributed by atoms with Crippen molar-refractivity contribution in [2.45, 2.75) is 13.0 Å². The number of hydrogen-bond donors (Lipinski definition) is 2. The minimum absolute atomic E-state index is 0.0993. The fourth-order valence-electron chi connectivity index (χ4n) is 1.90. The van der Waals surface area contributed by atoms with E-state index in [9.17, 15) is 9.90 Å². The van der Waals surface area contributed by atoms with Gasteiger partial charge >= 0.3 is 0 Å². The van der Waals surface area contributed by atoms with Crippen molar-refractivity contribution in [3.8, 4) is 0 Å². The normalized spacial score (nSPS) is 12.4. The first-order valence-corrected chi connectivity index (χ1v) is 5.57. The van der Waals surface area contributed by atoms with Gasteiger partial charge in [-0.25, -0.2) is 0 Å². The summed E-state index contributed by atoms with van der Waals surface area (Å²) in [7, 11) is 0. The molecule has 3 nitrogen and oxygen atoms in total. The standard InChI is InChI=1S/C14H15NO2/c1-10(17)15-14(9-16)13-7-6-11-4-2-3-5-12(11)8-13/h2-8,14,16H,9H2,1H3,(H,15,17). The smallest absolute Gasteiger partial charge is 0.217 e. The Morgan fingerprint density at radius 2 is 1.94 bits per heavy atom. The van der Waals surface area contributed by atoms with Crippen LogP contribution in [0.3, 0.4) is 0 Å². The highest BCUT2D eigenvalue weighted by molar-refractivity contribution is 5.83. The van der Waals surface area contributed by atoms with E-state index in [0.29, 0.717) is 0 Å². The number of carbonyl (C=O) groups excluding carboxylic acids is 1. The molecule has 0 aliphatic carbocycles. The van der Waals surface area contributed by atoms with E-state index in [2.05, 4.69) is 5.32 Å². The van der Waals surface area contributed by atoms with E-state index in [0.717, 1.165) is 16.3 Å². The number of rotatable bonds is 3. The average Bonchev–Trinajstić information content (AvgIpc) is 2.35. The number of aliphatic hydroxyl groups excluding tert-OH is 1. The summed E-state index contributed by atoms with van der Waals surface area (Å²) >= 11 is 0. The number of carbonyl (C=O) groups is 1. The molecule has 3 heteroatoms. The van der Waals surface area contributed by atoms with Gasteiger partial charge in [-0.2, -0.15) is 0 Å². The molecule has 0 aliphatic rings. The predicted molar refractivity (Wildman–Crippen MR) is 67.6 cm³/mol. The van der Waals surface area contributed by atoms with E-state index in [1.165, 1.54) is 6.92 Å². The SMILES string of the molecule is CC(=O)NC(CO)c1ccc2ccccc2c1. The van der Waals surface area contributed by atoms with Crippen molar-refractivity contribution in [3.05, 3.63) is 48.0 Å². The third-order valence-electron chi connectivity index (χ3n) is 2.74. The summed E-state index contributed by atoms with van der Waals surface area (Å²) in [5, 5.41) is 14.3. The van der Waals surface area contributed by atoms with E-state index in [4.69, 9.17) is 0 Å². The fourth-order valence-corrected chi connectivity index (χ4v) is 1.90. The van der Waals surface area contributed by atoms with E-state index in [-0.39, 0.29) is 18.6 Å². The van der Waals surface area contributed by atoms with Crippen molar-refractivity contribution < 1.29 is 9.90 Å². The summed E-state index contributed by atoms with van der Waals surface area (Å²) in [6, 6.07) is 13.6. The Balaban J connectivity index is 2.37. The van der Waals surface area contributed by atoms with Crippen LogP contribution in [0.15, 0.2) is 42.5 Å². The molecular formula is C14H15NO2. The van der Waals surface area contributed by atoms with Crippen LogP contribution in [0.1, 0.15) is 18.5 Å². The second kappa shape index (κ2) is 4.97. The molecule has 0 aromatic heterocycles. The Morgan fingerprint density at radius 1 is 1.24 bits per heavy atom. The van der Waals surface area contributed by atoms with Gasteiger partial charge in [0.2, 0.25) is 5.91 Å². The van der Waals surface area contributed by atoms with Crippen molar-refractivity contribution in [1.29, 1.82) is 0 Å². The molecule has 0 bridgehead atoms. The highest BCUT2D eigenvalue weighted by atomic mass is 16.3. The Kier molecular flexibility index (Phi) is 3.40. The molecule has 0 spiro atoms.